The first kappa shape index (κ1) is 21.4. The van der Waals surface area contributed by atoms with Gasteiger partial charge in [0, 0.05) is 43.3 Å². The fourth-order valence-electron chi connectivity index (χ4n) is 4.15. The highest BCUT2D eigenvalue weighted by molar-refractivity contribution is 7.13. The Morgan fingerprint density at radius 2 is 1.76 bits per heavy atom. The summed E-state index contributed by atoms with van der Waals surface area (Å²) in [5.41, 5.74) is 4.79. The molecule has 0 bridgehead atoms. The van der Waals surface area contributed by atoms with Crippen LogP contribution in [0.3, 0.4) is 0 Å². The van der Waals surface area contributed by atoms with Crippen LogP contribution in [0.5, 0.6) is 0 Å². The van der Waals surface area contributed by atoms with Gasteiger partial charge in [-0.1, -0.05) is 42.0 Å². The summed E-state index contributed by atoms with van der Waals surface area (Å²) < 4.78 is 16.0. The van der Waals surface area contributed by atoms with Gasteiger partial charge in [0.05, 0.1) is 17.1 Å². The summed E-state index contributed by atoms with van der Waals surface area (Å²) in [5, 5.41) is 2.95. The van der Waals surface area contributed by atoms with Crippen LogP contribution in [0.15, 0.2) is 72.2 Å². The van der Waals surface area contributed by atoms with E-state index in [0.29, 0.717) is 31.9 Å². The molecular formula is C26H25FN4OS. The second kappa shape index (κ2) is 9.19. The molecule has 1 aliphatic heterocycles. The molecule has 0 spiro atoms. The van der Waals surface area contributed by atoms with E-state index in [-0.39, 0.29) is 18.3 Å². The van der Waals surface area contributed by atoms with Gasteiger partial charge < -0.3 is 14.4 Å². The average molecular weight is 461 g/mol. The van der Waals surface area contributed by atoms with Gasteiger partial charge >= 0.3 is 0 Å². The van der Waals surface area contributed by atoms with E-state index in [1.165, 1.54) is 11.6 Å². The average Bonchev–Trinajstić information content (AvgIpc) is 3.50. The molecule has 1 fully saturated rings. The fraction of sp³-hybridized carbons (Fsp3) is 0.231. The number of hydrogen-bond donors (Lipinski definition) is 0. The van der Waals surface area contributed by atoms with Crippen molar-refractivity contribution in [3.63, 3.8) is 0 Å². The lowest BCUT2D eigenvalue weighted by atomic mass is 10.1. The molecule has 0 unspecified atom stereocenters. The number of halogens is 1. The number of benzene rings is 2. The minimum absolute atomic E-state index is 0.0657. The number of aromatic nitrogens is 2. The Morgan fingerprint density at radius 3 is 2.52 bits per heavy atom. The van der Waals surface area contributed by atoms with Crippen molar-refractivity contribution in [1.82, 2.24) is 14.5 Å². The van der Waals surface area contributed by atoms with Crippen LogP contribution in [0, 0.1) is 12.7 Å². The Hall–Kier alpha value is -3.45. The molecule has 1 aliphatic rings. The van der Waals surface area contributed by atoms with Crippen molar-refractivity contribution in [2.24, 2.45) is 0 Å². The van der Waals surface area contributed by atoms with Crippen LogP contribution in [-0.4, -0.2) is 46.5 Å². The van der Waals surface area contributed by atoms with Gasteiger partial charge in [0.1, 0.15) is 17.4 Å². The minimum atomic E-state index is -0.220. The summed E-state index contributed by atoms with van der Waals surface area (Å²) >= 11 is 1.58. The summed E-state index contributed by atoms with van der Waals surface area (Å²) in [5.74, 6) is -0.154. The van der Waals surface area contributed by atoms with Crippen molar-refractivity contribution in [2.45, 2.75) is 13.5 Å². The van der Waals surface area contributed by atoms with Gasteiger partial charge in [-0.05, 0) is 31.2 Å². The first-order valence-corrected chi connectivity index (χ1v) is 11.9. The molecular weight excluding hydrogens is 435 g/mol. The molecule has 5 rings (SSSR count). The van der Waals surface area contributed by atoms with Crippen molar-refractivity contribution >= 4 is 22.9 Å². The third-order valence-electron chi connectivity index (χ3n) is 6.03. The van der Waals surface area contributed by atoms with Gasteiger partial charge in [-0.3, -0.25) is 4.79 Å². The van der Waals surface area contributed by atoms with Gasteiger partial charge in [-0.25, -0.2) is 9.37 Å². The smallest absolute Gasteiger partial charge is 0.242 e. The highest BCUT2D eigenvalue weighted by Crippen LogP contribution is 2.29. The summed E-state index contributed by atoms with van der Waals surface area (Å²) in [7, 11) is 0. The molecule has 0 radical (unpaired) electrons. The predicted octanol–water partition coefficient (Wildman–Crippen LogP) is 5.07. The van der Waals surface area contributed by atoms with E-state index in [1.54, 1.807) is 23.5 Å². The van der Waals surface area contributed by atoms with Gasteiger partial charge in [-0.15, -0.1) is 11.3 Å². The number of aryl methyl sites for hydroxylation is 1. The molecule has 4 aromatic rings. The largest absolute Gasteiger partial charge is 0.366 e. The van der Waals surface area contributed by atoms with Crippen LogP contribution in [0.1, 0.15) is 5.56 Å². The monoisotopic (exact) mass is 460 g/mol. The molecule has 1 saturated heterocycles. The third-order valence-corrected chi connectivity index (χ3v) is 6.90. The lowest BCUT2D eigenvalue weighted by molar-refractivity contribution is -0.132. The highest BCUT2D eigenvalue weighted by Gasteiger charge is 2.23. The van der Waals surface area contributed by atoms with Crippen LogP contribution < -0.4 is 4.90 Å². The van der Waals surface area contributed by atoms with Crippen LogP contribution in [-0.2, 0) is 11.3 Å². The summed E-state index contributed by atoms with van der Waals surface area (Å²) in [6, 6.07) is 19.1. The molecule has 0 aliphatic carbocycles. The van der Waals surface area contributed by atoms with Gasteiger partial charge in [0.15, 0.2) is 0 Å². The molecule has 0 saturated carbocycles. The van der Waals surface area contributed by atoms with Gasteiger partial charge in [0.25, 0.3) is 0 Å². The van der Waals surface area contributed by atoms with Crippen molar-refractivity contribution in [1.29, 1.82) is 0 Å². The number of nitrogens with zero attached hydrogens (tertiary/aromatic N) is 4. The lowest BCUT2D eigenvalue weighted by Crippen LogP contribution is -2.49. The highest BCUT2D eigenvalue weighted by atomic mass is 32.1. The van der Waals surface area contributed by atoms with E-state index in [2.05, 4.69) is 36.6 Å². The number of para-hydroxylation sites is 1. The van der Waals surface area contributed by atoms with Crippen molar-refractivity contribution in [3.8, 4) is 22.0 Å². The second-order valence-corrected chi connectivity index (χ2v) is 9.10. The zero-order chi connectivity index (χ0) is 22.8. The van der Waals surface area contributed by atoms with Crippen molar-refractivity contribution < 1.29 is 9.18 Å². The number of hydrogen-bond acceptors (Lipinski definition) is 4. The zero-order valence-electron chi connectivity index (χ0n) is 18.4. The number of thiazole rings is 1. The van der Waals surface area contributed by atoms with Crippen LogP contribution in [0.4, 0.5) is 10.1 Å². The SMILES string of the molecule is Cc1ccc(-c2csc(-c3cccn3CC(=O)N3CCN(c4ccccc4F)CC3)n2)cc1. The number of anilines is 1. The Bertz CT molecular complexity index is 1260. The number of carbonyl (C=O) groups excluding carboxylic acids is 1. The molecule has 0 atom stereocenters. The Morgan fingerprint density at radius 1 is 1.00 bits per heavy atom. The lowest BCUT2D eigenvalue weighted by Gasteiger charge is -2.36. The summed E-state index contributed by atoms with van der Waals surface area (Å²) in [6.45, 7) is 4.74. The minimum Gasteiger partial charge on any atom is -0.366 e. The molecule has 7 heteroatoms. The molecule has 0 N–H and O–H groups in total. The fourth-order valence-corrected chi connectivity index (χ4v) is 5.01. The first-order chi connectivity index (χ1) is 16.1. The van der Waals surface area contributed by atoms with Crippen LogP contribution >= 0.6 is 11.3 Å². The first-order valence-electron chi connectivity index (χ1n) is 11.0. The van der Waals surface area contributed by atoms with E-state index >= 15 is 0 Å². The maximum absolute atomic E-state index is 14.1. The van der Waals surface area contributed by atoms with Crippen molar-refractivity contribution in [3.05, 3.63) is 83.6 Å². The standard InChI is InChI=1S/C26H25FN4OS/c1-19-8-10-20(11-9-19)22-18-33-26(28-22)24-7-4-12-31(24)17-25(32)30-15-13-29(14-16-30)23-6-3-2-5-21(23)27/h2-12,18H,13-17H2,1H3. The third kappa shape index (κ3) is 4.54. The van der Waals surface area contributed by atoms with Crippen molar-refractivity contribution in [2.75, 3.05) is 31.1 Å². The Kier molecular flexibility index (Phi) is 5.96. The number of amides is 1. The molecule has 33 heavy (non-hydrogen) atoms. The predicted molar refractivity (Wildman–Crippen MR) is 131 cm³/mol. The maximum atomic E-state index is 14.1. The maximum Gasteiger partial charge on any atom is 0.242 e. The molecule has 2 aromatic heterocycles. The molecule has 5 nitrogen and oxygen atoms in total. The normalized spacial score (nSPS) is 14.0. The van der Waals surface area contributed by atoms with E-state index < -0.39 is 0 Å². The second-order valence-electron chi connectivity index (χ2n) is 8.24. The van der Waals surface area contributed by atoms with Crippen LogP contribution in [0.2, 0.25) is 0 Å². The summed E-state index contributed by atoms with van der Waals surface area (Å²) in [6.07, 6.45) is 1.93. The zero-order valence-corrected chi connectivity index (χ0v) is 19.3. The number of piperazine rings is 1. The Labute approximate surface area is 196 Å². The van der Waals surface area contributed by atoms with Gasteiger partial charge in [-0.2, -0.15) is 0 Å². The molecule has 168 valence electrons. The quantitative estimate of drug-likeness (QED) is 0.417. The van der Waals surface area contributed by atoms with E-state index in [0.717, 1.165) is 22.0 Å². The molecule has 3 heterocycles. The summed E-state index contributed by atoms with van der Waals surface area (Å²) in [4.78, 5) is 21.7. The van der Waals surface area contributed by atoms with E-state index in [1.807, 2.05) is 38.8 Å². The van der Waals surface area contributed by atoms with Gasteiger partial charge in [0.2, 0.25) is 5.91 Å². The molecule has 1 amide bonds. The van der Waals surface area contributed by atoms with Crippen LogP contribution in [0.25, 0.3) is 22.0 Å². The number of carbonyl (C=O) groups is 1. The van der Waals surface area contributed by atoms with E-state index in [9.17, 15) is 9.18 Å². The molecule has 2 aromatic carbocycles. The number of rotatable bonds is 5. The van der Waals surface area contributed by atoms with E-state index in [4.69, 9.17) is 4.98 Å². The topological polar surface area (TPSA) is 41.4 Å². The Balaban J connectivity index is 1.25.